The van der Waals surface area contributed by atoms with Crippen LogP contribution < -0.4 is 10.1 Å². The fourth-order valence-corrected chi connectivity index (χ4v) is 5.64. The van der Waals surface area contributed by atoms with Crippen LogP contribution in [0.4, 0.5) is 10.5 Å². The van der Waals surface area contributed by atoms with Gasteiger partial charge >= 0.3 is 6.03 Å². The number of thiophene rings is 1. The minimum Gasteiger partial charge on any atom is -0.491 e. The fraction of sp³-hybridized carbons (Fsp3) is 0.419. The molecule has 0 bridgehead atoms. The second-order valence-electron chi connectivity index (χ2n) is 10.4. The lowest BCUT2D eigenvalue weighted by Crippen LogP contribution is -2.50. The molecule has 1 aromatic heterocycles. The molecule has 3 aromatic rings. The first-order valence-corrected chi connectivity index (χ1v) is 14.4. The zero-order valence-corrected chi connectivity index (χ0v) is 23.9. The van der Waals surface area contributed by atoms with E-state index in [1.807, 2.05) is 62.1 Å². The normalized spacial score (nSPS) is 15.6. The molecular weight excluding hydrogens is 494 g/mol. The molecular formula is C31H39N3O3S. The lowest BCUT2D eigenvalue weighted by atomic mass is 10.00. The highest BCUT2D eigenvalue weighted by atomic mass is 32.1. The number of carbonyl (C=O) groups is 2. The summed E-state index contributed by atoms with van der Waals surface area (Å²) in [6.45, 7) is 11.4. The van der Waals surface area contributed by atoms with Gasteiger partial charge in [-0.1, -0.05) is 50.6 Å². The third-order valence-electron chi connectivity index (χ3n) is 7.36. The molecule has 1 N–H and O–H groups in total. The van der Waals surface area contributed by atoms with Crippen LogP contribution in [0.3, 0.4) is 0 Å². The van der Waals surface area contributed by atoms with E-state index >= 15 is 0 Å². The van der Waals surface area contributed by atoms with E-state index < -0.39 is 0 Å². The Morgan fingerprint density at radius 3 is 2.45 bits per heavy atom. The van der Waals surface area contributed by atoms with E-state index in [0.29, 0.717) is 19.1 Å². The maximum absolute atomic E-state index is 13.8. The van der Waals surface area contributed by atoms with Crippen LogP contribution in [0.2, 0.25) is 0 Å². The monoisotopic (exact) mass is 533 g/mol. The van der Waals surface area contributed by atoms with Crippen molar-refractivity contribution in [1.82, 2.24) is 9.80 Å². The summed E-state index contributed by atoms with van der Waals surface area (Å²) in [5.41, 5.74) is 4.25. The Morgan fingerprint density at radius 2 is 1.79 bits per heavy atom. The van der Waals surface area contributed by atoms with Crippen LogP contribution in [0.25, 0.3) is 0 Å². The van der Waals surface area contributed by atoms with E-state index in [1.165, 1.54) is 10.4 Å². The number of urea groups is 1. The summed E-state index contributed by atoms with van der Waals surface area (Å²) in [6.07, 6.45) is 1.57. The summed E-state index contributed by atoms with van der Waals surface area (Å²) in [7, 11) is 0. The highest BCUT2D eigenvalue weighted by molar-refractivity contribution is 7.10. The van der Waals surface area contributed by atoms with Gasteiger partial charge in [-0.15, -0.1) is 11.3 Å². The summed E-state index contributed by atoms with van der Waals surface area (Å²) in [5.74, 6) is 1.19. The molecule has 0 radical (unpaired) electrons. The van der Waals surface area contributed by atoms with Crippen molar-refractivity contribution in [2.24, 2.45) is 0 Å². The molecule has 6 nitrogen and oxygen atoms in total. The number of aryl methyl sites for hydroxylation is 1. The van der Waals surface area contributed by atoms with Gasteiger partial charge in [0.05, 0.1) is 6.04 Å². The molecule has 0 saturated carbocycles. The van der Waals surface area contributed by atoms with E-state index in [4.69, 9.17) is 4.74 Å². The topological polar surface area (TPSA) is 61.9 Å². The number of ether oxygens (including phenoxy) is 1. The average Bonchev–Trinajstić information content (AvgIpc) is 3.40. The van der Waals surface area contributed by atoms with Crippen molar-refractivity contribution in [3.8, 4) is 5.75 Å². The Balaban J connectivity index is 1.49. The largest absolute Gasteiger partial charge is 0.491 e. The number of hydrogen-bond donors (Lipinski definition) is 1. The van der Waals surface area contributed by atoms with Gasteiger partial charge in [0, 0.05) is 23.2 Å². The second kappa shape index (κ2) is 12.5. The molecule has 4 rings (SSSR count). The molecule has 0 spiro atoms. The van der Waals surface area contributed by atoms with E-state index in [9.17, 15) is 9.59 Å². The smallest absolute Gasteiger partial charge is 0.322 e. The molecule has 38 heavy (non-hydrogen) atoms. The predicted molar refractivity (Wildman–Crippen MR) is 155 cm³/mol. The number of amides is 3. The molecule has 1 aliphatic rings. The van der Waals surface area contributed by atoms with Gasteiger partial charge < -0.3 is 19.9 Å². The molecule has 0 fully saturated rings. The third kappa shape index (κ3) is 6.57. The Bertz CT molecular complexity index is 1220. The molecule has 2 aromatic carbocycles. The van der Waals surface area contributed by atoms with Crippen molar-refractivity contribution in [1.29, 1.82) is 0 Å². The zero-order valence-electron chi connectivity index (χ0n) is 23.1. The van der Waals surface area contributed by atoms with Gasteiger partial charge in [-0.2, -0.15) is 0 Å². The van der Waals surface area contributed by atoms with Gasteiger partial charge in [-0.05, 0) is 79.4 Å². The van der Waals surface area contributed by atoms with Gasteiger partial charge in [0.1, 0.15) is 18.9 Å². The van der Waals surface area contributed by atoms with E-state index in [2.05, 4.69) is 42.7 Å². The number of nitrogens with zero attached hydrogens (tertiary/aromatic N) is 2. The van der Waals surface area contributed by atoms with Crippen LogP contribution in [0.5, 0.6) is 5.75 Å². The van der Waals surface area contributed by atoms with Gasteiger partial charge in [-0.25, -0.2) is 4.79 Å². The van der Waals surface area contributed by atoms with Crippen LogP contribution in [0, 0.1) is 6.92 Å². The van der Waals surface area contributed by atoms with Crippen molar-refractivity contribution in [3.63, 3.8) is 0 Å². The number of nitrogens with one attached hydrogen (secondary N) is 1. The fourth-order valence-electron chi connectivity index (χ4n) is 4.72. The average molecular weight is 534 g/mol. The van der Waals surface area contributed by atoms with Crippen LogP contribution >= 0.6 is 11.3 Å². The maximum Gasteiger partial charge on any atom is 0.322 e. The maximum atomic E-state index is 13.8. The number of hydrogen-bond acceptors (Lipinski definition) is 4. The first-order valence-electron chi connectivity index (χ1n) is 13.5. The van der Waals surface area contributed by atoms with E-state index in [0.717, 1.165) is 35.4 Å². The molecule has 3 amide bonds. The quantitative estimate of drug-likeness (QED) is 0.322. The molecule has 7 heteroatoms. The molecule has 0 aliphatic carbocycles. The van der Waals surface area contributed by atoms with Gasteiger partial charge in [0.15, 0.2) is 0 Å². The lowest BCUT2D eigenvalue weighted by molar-refractivity contribution is -0.135. The van der Waals surface area contributed by atoms with E-state index in [1.54, 1.807) is 16.2 Å². The number of benzene rings is 2. The predicted octanol–water partition coefficient (Wildman–Crippen LogP) is 7.02. The molecule has 2 unspecified atom stereocenters. The molecule has 202 valence electrons. The number of carbonyl (C=O) groups excluding carboxylic acids is 2. The van der Waals surface area contributed by atoms with Crippen molar-refractivity contribution in [3.05, 3.63) is 81.5 Å². The van der Waals surface area contributed by atoms with Crippen LogP contribution in [0.1, 0.15) is 67.6 Å². The molecule has 2 heterocycles. The van der Waals surface area contributed by atoms with Gasteiger partial charge in [-0.3, -0.25) is 4.79 Å². The third-order valence-corrected chi connectivity index (χ3v) is 8.36. The summed E-state index contributed by atoms with van der Waals surface area (Å²) in [5, 5.41) is 5.05. The Labute approximate surface area is 230 Å². The van der Waals surface area contributed by atoms with Gasteiger partial charge in [0.25, 0.3) is 0 Å². The highest BCUT2D eigenvalue weighted by Crippen LogP contribution is 2.34. The summed E-state index contributed by atoms with van der Waals surface area (Å²) in [6, 6.07) is 17.4. The number of fused-ring (bicyclic) bond motifs is 1. The number of rotatable bonds is 9. The molecule has 2 atom stereocenters. The Morgan fingerprint density at radius 1 is 1.08 bits per heavy atom. The Kier molecular flexibility index (Phi) is 9.10. The summed E-state index contributed by atoms with van der Waals surface area (Å²) < 4.78 is 6.21. The van der Waals surface area contributed by atoms with Crippen molar-refractivity contribution in [2.45, 2.75) is 65.5 Å². The molecule has 1 aliphatic heterocycles. The highest BCUT2D eigenvalue weighted by Gasteiger charge is 2.34. The zero-order chi connectivity index (χ0) is 27.2. The van der Waals surface area contributed by atoms with Crippen LogP contribution in [-0.2, 0) is 11.2 Å². The summed E-state index contributed by atoms with van der Waals surface area (Å²) >= 11 is 1.73. The van der Waals surface area contributed by atoms with Gasteiger partial charge in [0.2, 0.25) is 5.91 Å². The first-order chi connectivity index (χ1) is 18.3. The minimum atomic E-state index is -0.261. The van der Waals surface area contributed by atoms with Crippen molar-refractivity contribution in [2.75, 3.05) is 25.0 Å². The van der Waals surface area contributed by atoms with Crippen molar-refractivity contribution < 1.29 is 14.3 Å². The second-order valence-corrected chi connectivity index (χ2v) is 11.4. The van der Waals surface area contributed by atoms with Crippen LogP contribution in [0.15, 0.2) is 60.0 Å². The number of anilines is 1. The van der Waals surface area contributed by atoms with Crippen molar-refractivity contribution >= 4 is 29.0 Å². The first kappa shape index (κ1) is 27.7. The minimum absolute atomic E-state index is 0.0196. The SMILES string of the molecule is CCC(C)N(CC(=O)N1CCc2sccc2C1COc1ccc(C(C)C)cc1)C(=O)Nc1ccc(C)cc1. The molecule has 0 saturated heterocycles. The Hall–Kier alpha value is -3.32. The lowest BCUT2D eigenvalue weighted by Gasteiger charge is -2.38. The summed E-state index contributed by atoms with van der Waals surface area (Å²) in [4.78, 5) is 31.9. The standard InChI is InChI=1S/C31H39N3O3S/c1-6-23(5)34(31(36)32-25-11-7-22(4)8-12-25)19-30(35)33-17-15-29-27(16-18-38-29)28(33)20-37-26-13-9-24(10-14-26)21(2)3/h7-14,16,18,21,23,28H,6,15,17,19-20H2,1-5H3,(H,32,36). The van der Waals surface area contributed by atoms with Crippen LogP contribution in [-0.4, -0.2) is 47.5 Å². The van der Waals surface area contributed by atoms with E-state index in [-0.39, 0.29) is 30.6 Å².